The van der Waals surface area contributed by atoms with Gasteiger partial charge in [-0.1, -0.05) is 0 Å². The lowest BCUT2D eigenvalue weighted by Crippen LogP contribution is -2.40. The van der Waals surface area contributed by atoms with Gasteiger partial charge in [0.2, 0.25) is 0 Å². The Hall–Kier alpha value is -1.71. The standard InChI is InChI=1S/C13H17N3O/c1-9-13(16-6-2-3-7-16)15-11-8-10(14)4-5-12(11)17-9/h4-5,8-9H,2-3,6-7,14H2,1H3. The first kappa shape index (κ1) is 10.4. The molecule has 1 aromatic rings. The number of amidine groups is 1. The first-order valence-corrected chi connectivity index (χ1v) is 6.14. The van der Waals surface area contributed by atoms with Gasteiger partial charge in [0.25, 0.3) is 0 Å². The number of benzene rings is 1. The molecule has 3 rings (SSSR count). The second kappa shape index (κ2) is 3.95. The van der Waals surface area contributed by atoms with E-state index < -0.39 is 0 Å². The number of ether oxygens (including phenoxy) is 1. The van der Waals surface area contributed by atoms with Gasteiger partial charge in [-0.05, 0) is 38.0 Å². The average molecular weight is 231 g/mol. The zero-order valence-electron chi connectivity index (χ0n) is 10.0. The average Bonchev–Trinajstić information content (AvgIpc) is 2.82. The molecule has 1 fully saturated rings. The van der Waals surface area contributed by atoms with Crippen LogP contribution in [0.1, 0.15) is 19.8 Å². The van der Waals surface area contributed by atoms with E-state index in [1.165, 1.54) is 12.8 Å². The Morgan fingerprint density at radius 3 is 2.88 bits per heavy atom. The molecule has 2 aliphatic heterocycles. The van der Waals surface area contributed by atoms with Crippen LogP contribution in [0.5, 0.6) is 5.75 Å². The van der Waals surface area contributed by atoms with E-state index in [0.29, 0.717) is 0 Å². The largest absolute Gasteiger partial charge is 0.481 e. The summed E-state index contributed by atoms with van der Waals surface area (Å²) in [5.74, 6) is 1.87. The second-order valence-electron chi connectivity index (χ2n) is 4.65. The number of anilines is 1. The molecule has 1 aromatic carbocycles. The summed E-state index contributed by atoms with van der Waals surface area (Å²) in [7, 11) is 0. The molecule has 0 saturated carbocycles. The highest BCUT2D eigenvalue weighted by Gasteiger charge is 2.26. The van der Waals surface area contributed by atoms with Crippen molar-refractivity contribution < 1.29 is 4.74 Å². The zero-order valence-corrected chi connectivity index (χ0v) is 10.0. The molecule has 2 N–H and O–H groups in total. The van der Waals surface area contributed by atoms with Crippen molar-refractivity contribution >= 4 is 17.2 Å². The quantitative estimate of drug-likeness (QED) is 0.696. The Labute approximate surface area is 101 Å². The molecule has 1 saturated heterocycles. The molecule has 4 nitrogen and oxygen atoms in total. The van der Waals surface area contributed by atoms with Gasteiger partial charge in [0.05, 0.1) is 0 Å². The van der Waals surface area contributed by atoms with Gasteiger partial charge in [0.15, 0.2) is 6.10 Å². The molecule has 1 atom stereocenters. The Morgan fingerprint density at radius 2 is 2.12 bits per heavy atom. The van der Waals surface area contributed by atoms with E-state index >= 15 is 0 Å². The monoisotopic (exact) mass is 231 g/mol. The molecule has 2 aliphatic rings. The number of likely N-dealkylation sites (tertiary alicyclic amines) is 1. The van der Waals surface area contributed by atoms with E-state index in [1.54, 1.807) is 0 Å². The molecule has 0 bridgehead atoms. The van der Waals surface area contributed by atoms with Crippen LogP contribution < -0.4 is 10.5 Å². The lowest BCUT2D eigenvalue weighted by molar-refractivity contribution is 0.261. The maximum Gasteiger partial charge on any atom is 0.153 e. The van der Waals surface area contributed by atoms with E-state index in [9.17, 15) is 0 Å². The van der Waals surface area contributed by atoms with E-state index in [2.05, 4.69) is 11.8 Å². The van der Waals surface area contributed by atoms with Gasteiger partial charge in [-0.15, -0.1) is 0 Å². The van der Waals surface area contributed by atoms with Crippen LogP contribution in [0.25, 0.3) is 0 Å². The van der Waals surface area contributed by atoms with Crippen molar-refractivity contribution in [3.8, 4) is 5.75 Å². The summed E-state index contributed by atoms with van der Waals surface area (Å²) in [6.07, 6.45) is 2.52. The molecular formula is C13H17N3O. The number of aliphatic imine (C=N–C) groups is 1. The smallest absolute Gasteiger partial charge is 0.153 e. The van der Waals surface area contributed by atoms with Crippen molar-refractivity contribution in [1.82, 2.24) is 4.90 Å². The van der Waals surface area contributed by atoms with Gasteiger partial charge in [0.1, 0.15) is 17.3 Å². The van der Waals surface area contributed by atoms with E-state index in [-0.39, 0.29) is 6.10 Å². The van der Waals surface area contributed by atoms with Crippen LogP contribution in [-0.2, 0) is 0 Å². The van der Waals surface area contributed by atoms with Gasteiger partial charge < -0.3 is 15.4 Å². The SMILES string of the molecule is CC1Oc2ccc(N)cc2N=C1N1CCCC1. The van der Waals surface area contributed by atoms with Crippen molar-refractivity contribution in [2.75, 3.05) is 18.8 Å². The van der Waals surface area contributed by atoms with Gasteiger partial charge in [-0.25, -0.2) is 4.99 Å². The van der Waals surface area contributed by atoms with E-state index in [1.807, 2.05) is 18.2 Å². The summed E-state index contributed by atoms with van der Waals surface area (Å²) in [6, 6.07) is 5.62. The fraction of sp³-hybridized carbons (Fsp3) is 0.462. The molecule has 0 spiro atoms. The van der Waals surface area contributed by atoms with Gasteiger partial charge in [-0.3, -0.25) is 0 Å². The first-order chi connectivity index (χ1) is 8.24. The summed E-state index contributed by atoms with van der Waals surface area (Å²) in [5.41, 5.74) is 7.36. The maximum atomic E-state index is 5.88. The lowest BCUT2D eigenvalue weighted by Gasteiger charge is -2.29. The normalized spacial score (nSPS) is 23.0. The zero-order chi connectivity index (χ0) is 11.8. The Balaban J connectivity index is 1.98. The number of hydrogen-bond acceptors (Lipinski definition) is 4. The lowest BCUT2D eigenvalue weighted by atomic mass is 10.2. The fourth-order valence-corrected chi connectivity index (χ4v) is 2.45. The van der Waals surface area contributed by atoms with E-state index in [4.69, 9.17) is 15.5 Å². The van der Waals surface area contributed by atoms with Crippen LogP contribution in [0, 0.1) is 0 Å². The molecule has 0 aromatic heterocycles. The first-order valence-electron chi connectivity index (χ1n) is 6.14. The second-order valence-corrected chi connectivity index (χ2v) is 4.65. The Kier molecular flexibility index (Phi) is 2.42. The predicted octanol–water partition coefficient (Wildman–Crippen LogP) is 2.18. The van der Waals surface area contributed by atoms with Crippen molar-refractivity contribution in [2.24, 2.45) is 4.99 Å². The van der Waals surface area contributed by atoms with Gasteiger partial charge in [0, 0.05) is 18.8 Å². The molecule has 0 amide bonds. The maximum absolute atomic E-state index is 5.88. The molecule has 17 heavy (non-hydrogen) atoms. The summed E-state index contributed by atoms with van der Waals surface area (Å²) in [4.78, 5) is 7.02. The summed E-state index contributed by atoms with van der Waals surface area (Å²) < 4.78 is 5.88. The van der Waals surface area contributed by atoms with Crippen molar-refractivity contribution in [2.45, 2.75) is 25.9 Å². The highest BCUT2D eigenvalue weighted by atomic mass is 16.5. The molecule has 0 radical (unpaired) electrons. The summed E-state index contributed by atoms with van der Waals surface area (Å²) in [6.45, 7) is 4.23. The van der Waals surface area contributed by atoms with Crippen LogP contribution in [-0.4, -0.2) is 29.9 Å². The van der Waals surface area contributed by atoms with Crippen LogP contribution in [0.2, 0.25) is 0 Å². The molecule has 0 aliphatic carbocycles. The third-order valence-electron chi connectivity index (χ3n) is 3.32. The Morgan fingerprint density at radius 1 is 1.35 bits per heavy atom. The number of nitrogens with zero attached hydrogens (tertiary/aromatic N) is 2. The van der Waals surface area contributed by atoms with Crippen LogP contribution in [0.4, 0.5) is 11.4 Å². The van der Waals surface area contributed by atoms with Crippen LogP contribution >= 0.6 is 0 Å². The molecule has 1 unspecified atom stereocenters. The number of nitrogens with two attached hydrogens (primary N) is 1. The predicted molar refractivity (Wildman–Crippen MR) is 68.8 cm³/mol. The molecular weight excluding hydrogens is 214 g/mol. The third-order valence-corrected chi connectivity index (χ3v) is 3.32. The highest BCUT2D eigenvalue weighted by molar-refractivity contribution is 5.91. The number of fused-ring (bicyclic) bond motifs is 1. The van der Waals surface area contributed by atoms with Crippen LogP contribution in [0.3, 0.4) is 0 Å². The van der Waals surface area contributed by atoms with Crippen molar-refractivity contribution in [3.63, 3.8) is 0 Å². The molecule has 4 heteroatoms. The highest BCUT2D eigenvalue weighted by Crippen LogP contribution is 2.35. The summed E-state index contributed by atoms with van der Waals surface area (Å²) in [5, 5.41) is 0. The number of rotatable bonds is 0. The topological polar surface area (TPSA) is 50.9 Å². The van der Waals surface area contributed by atoms with Crippen molar-refractivity contribution in [3.05, 3.63) is 18.2 Å². The third kappa shape index (κ3) is 1.84. The van der Waals surface area contributed by atoms with Crippen molar-refractivity contribution in [1.29, 1.82) is 0 Å². The number of hydrogen-bond donors (Lipinski definition) is 1. The molecule has 90 valence electrons. The summed E-state index contributed by atoms with van der Waals surface area (Å²) >= 11 is 0. The Bertz CT molecular complexity index is 464. The minimum absolute atomic E-state index is 0.0317. The van der Waals surface area contributed by atoms with Crippen LogP contribution in [0.15, 0.2) is 23.2 Å². The number of nitrogen functional groups attached to an aromatic ring is 1. The molecule has 2 heterocycles. The van der Waals surface area contributed by atoms with Gasteiger partial charge in [-0.2, -0.15) is 0 Å². The fourth-order valence-electron chi connectivity index (χ4n) is 2.45. The van der Waals surface area contributed by atoms with E-state index in [0.717, 1.165) is 36.0 Å². The van der Waals surface area contributed by atoms with Gasteiger partial charge >= 0.3 is 0 Å². The minimum Gasteiger partial charge on any atom is -0.481 e. The minimum atomic E-state index is 0.0317.